The number of hydrogen-bond donors (Lipinski definition) is 2. The monoisotopic (exact) mass is 364 g/mol. The van der Waals surface area contributed by atoms with E-state index in [1.54, 1.807) is 0 Å². The summed E-state index contributed by atoms with van der Waals surface area (Å²) in [7, 11) is 1.28. The summed E-state index contributed by atoms with van der Waals surface area (Å²) < 4.78 is 10.3. The molecule has 2 N–H and O–H groups in total. The van der Waals surface area contributed by atoms with Crippen LogP contribution in [0.25, 0.3) is 0 Å². The van der Waals surface area contributed by atoms with E-state index in [9.17, 15) is 9.59 Å². The van der Waals surface area contributed by atoms with Crippen LogP contribution in [0.2, 0.25) is 0 Å². The Morgan fingerprint density at radius 1 is 1.00 bits per heavy atom. The smallest absolute Gasteiger partial charge is 0.407 e. The maximum absolute atomic E-state index is 12.5. The molecule has 1 aromatic carbocycles. The van der Waals surface area contributed by atoms with Gasteiger partial charge in [0, 0.05) is 0 Å². The van der Waals surface area contributed by atoms with E-state index in [1.807, 2.05) is 45.0 Å². The molecule has 6 nitrogen and oxygen atoms in total. The standard InChI is InChI=1S/C20H32N2O4/c1-13(2)11-12-26-17-9-7-16(8-10-17)15(5)21-19(23)18(14(3)4)22-20(24)25-6/h7-10,13-15,18H,11-12H2,1-6H3,(H,21,23)(H,22,24). The van der Waals surface area contributed by atoms with Crippen molar-refractivity contribution in [2.75, 3.05) is 13.7 Å². The van der Waals surface area contributed by atoms with Gasteiger partial charge in [0.1, 0.15) is 11.8 Å². The largest absolute Gasteiger partial charge is 0.494 e. The summed E-state index contributed by atoms with van der Waals surface area (Å²) in [6, 6.07) is 6.86. The first kappa shape index (κ1) is 21.8. The Morgan fingerprint density at radius 2 is 1.62 bits per heavy atom. The molecule has 6 heteroatoms. The Morgan fingerprint density at radius 3 is 2.12 bits per heavy atom. The van der Waals surface area contributed by atoms with Crippen LogP contribution in [0.5, 0.6) is 5.75 Å². The van der Waals surface area contributed by atoms with E-state index in [4.69, 9.17) is 4.74 Å². The highest BCUT2D eigenvalue weighted by atomic mass is 16.5. The Kier molecular flexibility index (Phi) is 8.96. The first-order chi connectivity index (χ1) is 12.2. The minimum atomic E-state index is -0.649. The number of ether oxygens (including phenoxy) is 2. The first-order valence-corrected chi connectivity index (χ1v) is 9.12. The highest BCUT2D eigenvalue weighted by Gasteiger charge is 2.25. The summed E-state index contributed by atoms with van der Waals surface area (Å²) in [4.78, 5) is 23.9. The van der Waals surface area contributed by atoms with Crippen molar-refractivity contribution in [3.8, 4) is 5.75 Å². The van der Waals surface area contributed by atoms with Crippen molar-refractivity contribution in [1.82, 2.24) is 10.6 Å². The molecule has 0 saturated carbocycles. The van der Waals surface area contributed by atoms with Gasteiger partial charge < -0.3 is 20.1 Å². The summed E-state index contributed by atoms with van der Waals surface area (Å²) in [5, 5.41) is 5.51. The Balaban J connectivity index is 2.63. The van der Waals surface area contributed by atoms with Crippen molar-refractivity contribution in [2.45, 2.75) is 53.1 Å². The van der Waals surface area contributed by atoms with Gasteiger partial charge in [0.25, 0.3) is 0 Å². The molecule has 146 valence electrons. The molecule has 0 bridgehead atoms. The highest BCUT2D eigenvalue weighted by Crippen LogP contribution is 2.18. The minimum absolute atomic E-state index is 0.0574. The lowest BCUT2D eigenvalue weighted by Gasteiger charge is -2.23. The van der Waals surface area contributed by atoms with Gasteiger partial charge in [-0.1, -0.05) is 39.8 Å². The fourth-order valence-electron chi connectivity index (χ4n) is 2.37. The highest BCUT2D eigenvalue weighted by molar-refractivity contribution is 5.86. The number of carbonyl (C=O) groups is 2. The predicted octanol–water partition coefficient (Wildman–Crippen LogP) is 3.67. The molecule has 0 fully saturated rings. The fraction of sp³-hybridized carbons (Fsp3) is 0.600. The van der Waals surface area contributed by atoms with Gasteiger partial charge in [-0.3, -0.25) is 4.79 Å². The van der Waals surface area contributed by atoms with Gasteiger partial charge in [-0.05, 0) is 42.9 Å². The minimum Gasteiger partial charge on any atom is -0.494 e. The molecule has 26 heavy (non-hydrogen) atoms. The van der Waals surface area contributed by atoms with E-state index in [1.165, 1.54) is 7.11 Å². The van der Waals surface area contributed by atoms with Crippen LogP contribution < -0.4 is 15.4 Å². The number of hydrogen-bond acceptors (Lipinski definition) is 4. The second-order valence-corrected chi connectivity index (χ2v) is 7.19. The lowest BCUT2D eigenvalue weighted by molar-refractivity contribution is -0.124. The van der Waals surface area contributed by atoms with Crippen LogP contribution in [0.15, 0.2) is 24.3 Å². The Bertz CT molecular complexity index is 570. The number of benzene rings is 1. The van der Waals surface area contributed by atoms with Crippen LogP contribution in [0.4, 0.5) is 4.79 Å². The molecular formula is C20H32N2O4. The van der Waals surface area contributed by atoms with Gasteiger partial charge in [0.2, 0.25) is 5.91 Å². The quantitative estimate of drug-likeness (QED) is 0.701. The molecule has 0 aliphatic carbocycles. The van der Waals surface area contributed by atoms with Gasteiger partial charge in [-0.15, -0.1) is 0 Å². The molecule has 0 heterocycles. The zero-order chi connectivity index (χ0) is 19.7. The SMILES string of the molecule is COC(=O)NC(C(=O)NC(C)c1ccc(OCCC(C)C)cc1)C(C)C. The van der Waals surface area contributed by atoms with Gasteiger partial charge in [0.15, 0.2) is 0 Å². The number of nitrogens with one attached hydrogen (secondary N) is 2. The molecule has 0 aliphatic rings. The topological polar surface area (TPSA) is 76.7 Å². The van der Waals surface area contributed by atoms with Crippen LogP contribution in [-0.2, 0) is 9.53 Å². The van der Waals surface area contributed by atoms with E-state index >= 15 is 0 Å². The summed E-state index contributed by atoms with van der Waals surface area (Å²) in [6.45, 7) is 10.7. The van der Waals surface area contributed by atoms with Crippen LogP contribution in [0.1, 0.15) is 52.6 Å². The van der Waals surface area contributed by atoms with E-state index in [2.05, 4.69) is 29.2 Å². The van der Waals surface area contributed by atoms with Gasteiger partial charge in [0.05, 0.1) is 19.8 Å². The molecule has 2 unspecified atom stereocenters. The number of alkyl carbamates (subject to hydrolysis) is 1. The third kappa shape index (κ3) is 7.33. The molecule has 0 radical (unpaired) electrons. The van der Waals surface area contributed by atoms with Crippen molar-refractivity contribution in [2.24, 2.45) is 11.8 Å². The van der Waals surface area contributed by atoms with Crippen molar-refractivity contribution >= 4 is 12.0 Å². The van der Waals surface area contributed by atoms with Crippen LogP contribution in [0, 0.1) is 11.8 Å². The zero-order valence-electron chi connectivity index (χ0n) is 16.7. The van der Waals surface area contributed by atoms with Crippen LogP contribution in [0.3, 0.4) is 0 Å². The van der Waals surface area contributed by atoms with E-state index in [0.717, 1.165) is 17.7 Å². The number of rotatable bonds is 9. The first-order valence-electron chi connectivity index (χ1n) is 9.12. The molecule has 0 aromatic heterocycles. The average molecular weight is 364 g/mol. The maximum atomic E-state index is 12.5. The number of methoxy groups -OCH3 is 1. The van der Waals surface area contributed by atoms with Gasteiger partial charge in [-0.25, -0.2) is 4.79 Å². The number of amides is 2. The van der Waals surface area contributed by atoms with E-state index in [-0.39, 0.29) is 17.9 Å². The van der Waals surface area contributed by atoms with Crippen molar-refractivity contribution in [1.29, 1.82) is 0 Å². The summed E-state index contributed by atoms with van der Waals surface area (Å²) in [6.07, 6.45) is 0.396. The zero-order valence-corrected chi connectivity index (χ0v) is 16.7. The maximum Gasteiger partial charge on any atom is 0.407 e. The van der Waals surface area contributed by atoms with E-state index in [0.29, 0.717) is 12.5 Å². The van der Waals surface area contributed by atoms with Crippen LogP contribution in [-0.4, -0.2) is 31.8 Å². The fourth-order valence-corrected chi connectivity index (χ4v) is 2.37. The molecular weight excluding hydrogens is 332 g/mol. The van der Waals surface area contributed by atoms with E-state index < -0.39 is 12.1 Å². The molecule has 0 spiro atoms. The van der Waals surface area contributed by atoms with Crippen molar-refractivity contribution in [3.63, 3.8) is 0 Å². The third-order valence-electron chi connectivity index (χ3n) is 4.11. The molecule has 1 aromatic rings. The predicted molar refractivity (Wildman–Crippen MR) is 102 cm³/mol. The summed E-state index contributed by atoms with van der Waals surface area (Å²) in [5.41, 5.74) is 0.968. The lowest BCUT2D eigenvalue weighted by Crippen LogP contribution is -2.50. The normalized spacial score (nSPS) is 13.2. The average Bonchev–Trinajstić information content (AvgIpc) is 2.59. The molecule has 0 saturated heterocycles. The summed E-state index contributed by atoms with van der Waals surface area (Å²) >= 11 is 0. The number of carbonyl (C=O) groups excluding carboxylic acids is 2. The Hall–Kier alpha value is -2.24. The van der Waals surface area contributed by atoms with Crippen molar-refractivity contribution in [3.05, 3.63) is 29.8 Å². The van der Waals surface area contributed by atoms with Crippen LogP contribution >= 0.6 is 0 Å². The third-order valence-corrected chi connectivity index (χ3v) is 4.11. The molecule has 0 aliphatic heterocycles. The second kappa shape index (κ2) is 10.7. The van der Waals surface area contributed by atoms with Crippen molar-refractivity contribution < 1.29 is 19.1 Å². The van der Waals surface area contributed by atoms with Gasteiger partial charge >= 0.3 is 6.09 Å². The second-order valence-electron chi connectivity index (χ2n) is 7.19. The summed E-state index contributed by atoms with van der Waals surface area (Å²) in [5.74, 6) is 1.13. The molecule has 1 rings (SSSR count). The molecule has 2 amide bonds. The Labute approximate surface area is 156 Å². The lowest BCUT2D eigenvalue weighted by atomic mass is 10.0. The van der Waals surface area contributed by atoms with Gasteiger partial charge in [-0.2, -0.15) is 0 Å². The molecule has 2 atom stereocenters.